The van der Waals surface area contributed by atoms with Crippen molar-refractivity contribution in [1.29, 1.82) is 0 Å². The average molecular weight is 210 g/mol. The summed E-state index contributed by atoms with van der Waals surface area (Å²) in [4.78, 5) is 2.71. The summed E-state index contributed by atoms with van der Waals surface area (Å²) in [5, 5.41) is 3.85. The van der Waals surface area contributed by atoms with E-state index in [1.165, 1.54) is 58.2 Å². The number of nitrogens with one attached hydrogen (secondary N) is 1. The maximum absolute atomic E-state index is 3.85. The van der Waals surface area contributed by atoms with Gasteiger partial charge in [-0.25, -0.2) is 0 Å². The predicted octanol–water partition coefficient (Wildman–Crippen LogP) is 2.39. The second-order valence-corrected chi connectivity index (χ2v) is 5.37. The summed E-state index contributed by atoms with van der Waals surface area (Å²) in [6.07, 6.45) is 8.35. The fourth-order valence-electron chi connectivity index (χ4n) is 3.41. The molecule has 2 fully saturated rings. The Labute approximate surface area is 94.4 Å². The van der Waals surface area contributed by atoms with Gasteiger partial charge < -0.3 is 5.32 Å². The fraction of sp³-hybridized carbons (Fsp3) is 1.00. The van der Waals surface area contributed by atoms with Gasteiger partial charge in [-0.3, -0.25) is 4.90 Å². The second kappa shape index (κ2) is 4.84. The quantitative estimate of drug-likeness (QED) is 0.769. The zero-order valence-electron chi connectivity index (χ0n) is 10.4. The highest BCUT2D eigenvalue weighted by Crippen LogP contribution is 2.33. The van der Waals surface area contributed by atoms with Crippen LogP contribution < -0.4 is 5.32 Å². The largest absolute Gasteiger partial charge is 0.308 e. The van der Waals surface area contributed by atoms with E-state index in [9.17, 15) is 0 Å². The van der Waals surface area contributed by atoms with Gasteiger partial charge >= 0.3 is 0 Å². The highest BCUT2D eigenvalue weighted by Gasteiger charge is 2.39. The van der Waals surface area contributed by atoms with Crippen LogP contribution in [-0.2, 0) is 0 Å². The zero-order chi connectivity index (χ0) is 10.7. The van der Waals surface area contributed by atoms with Crippen molar-refractivity contribution in [2.24, 2.45) is 0 Å². The minimum absolute atomic E-state index is 0.500. The van der Waals surface area contributed by atoms with Crippen LogP contribution in [0.15, 0.2) is 0 Å². The third-order valence-corrected chi connectivity index (χ3v) is 4.32. The molecule has 1 aliphatic heterocycles. The first-order valence-corrected chi connectivity index (χ1v) is 6.79. The summed E-state index contributed by atoms with van der Waals surface area (Å²) in [6, 6.07) is 0.797. The molecule has 88 valence electrons. The van der Waals surface area contributed by atoms with Crippen LogP contribution in [0.4, 0.5) is 0 Å². The molecule has 1 unspecified atom stereocenters. The lowest BCUT2D eigenvalue weighted by molar-refractivity contribution is 0.0805. The highest BCUT2D eigenvalue weighted by atomic mass is 15.2. The van der Waals surface area contributed by atoms with Crippen molar-refractivity contribution in [1.82, 2.24) is 10.2 Å². The summed E-state index contributed by atoms with van der Waals surface area (Å²) in [6.45, 7) is 8.37. The van der Waals surface area contributed by atoms with Crippen molar-refractivity contribution < 1.29 is 0 Å². The van der Waals surface area contributed by atoms with Crippen LogP contribution in [0.3, 0.4) is 0 Å². The van der Waals surface area contributed by atoms with Crippen LogP contribution in [0.25, 0.3) is 0 Å². The number of piperazine rings is 1. The third-order valence-electron chi connectivity index (χ3n) is 4.32. The van der Waals surface area contributed by atoms with Gasteiger partial charge in [0.05, 0.1) is 0 Å². The fourth-order valence-corrected chi connectivity index (χ4v) is 3.41. The van der Waals surface area contributed by atoms with E-state index in [1.807, 2.05) is 0 Å². The molecule has 2 heteroatoms. The van der Waals surface area contributed by atoms with E-state index in [1.54, 1.807) is 0 Å². The molecule has 1 spiro atoms. The first-order chi connectivity index (χ1) is 7.29. The van der Waals surface area contributed by atoms with E-state index >= 15 is 0 Å². The Kier molecular flexibility index (Phi) is 3.68. The lowest BCUT2D eigenvalue weighted by Crippen LogP contribution is -2.62. The molecule has 0 aromatic carbocycles. The van der Waals surface area contributed by atoms with E-state index in [2.05, 4.69) is 24.1 Å². The van der Waals surface area contributed by atoms with Crippen LogP contribution in [0, 0.1) is 0 Å². The minimum atomic E-state index is 0.500. The minimum Gasteiger partial charge on any atom is -0.308 e. The van der Waals surface area contributed by atoms with E-state index in [4.69, 9.17) is 0 Å². The SMILES string of the molecule is CCCC1CNC2(CCCC2)CN1CC. The molecule has 1 aliphatic carbocycles. The van der Waals surface area contributed by atoms with Crippen molar-refractivity contribution in [2.75, 3.05) is 19.6 Å². The van der Waals surface area contributed by atoms with Crippen LogP contribution in [0.1, 0.15) is 52.4 Å². The van der Waals surface area contributed by atoms with Crippen LogP contribution in [0.5, 0.6) is 0 Å². The summed E-state index contributed by atoms with van der Waals surface area (Å²) in [5.41, 5.74) is 0.500. The zero-order valence-corrected chi connectivity index (χ0v) is 10.4. The molecule has 2 aliphatic rings. The molecule has 1 heterocycles. The van der Waals surface area contributed by atoms with E-state index in [0.29, 0.717) is 5.54 Å². The monoisotopic (exact) mass is 210 g/mol. The maximum Gasteiger partial charge on any atom is 0.0309 e. The molecule has 15 heavy (non-hydrogen) atoms. The summed E-state index contributed by atoms with van der Waals surface area (Å²) in [5.74, 6) is 0. The number of likely N-dealkylation sites (N-methyl/N-ethyl adjacent to an activating group) is 1. The summed E-state index contributed by atoms with van der Waals surface area (Å²) >= 11 is 0. The van der Waals surface area contributed by atoms with Crippen LogP contribution in [-0.4, -0.2) is 36.1 Å². The van der Waals surface area contributed by atoms with Gasteiger partial charge in [-0.15, -0.1) is 0 Å². The van der Waals surface area contributed by atoms with E-state index < -0.39 is 0 Å². The smallest absolute Gasteiger partial charge is 0.0309 e. The normalized spacial score (nSPS) is 31.2. The van der Waals surface area contributed by atoms with Crippen molar-refractivity contribution in [3.05, 3.63) is 0 Å². The maximum atomic E-state index is 3.85. The molecule has 1 atom stereocenters. The topological polar surface area (TPSA) is 15.3 Å². The van der Waals surface area contributed by atoms with Gasteiger partial charge in [-0.2, -0.15) is 0 Å². The highest BCUT2D eigenvalue weighted by molar-refractivity contribution is 5.00. The Morgan fingerprint density at radius 1 is 1.27 bits per heavy atom. The first-order valence-electron chi connectivity index (χ1n) is 6.79. The van der Waals surface area contributed by atoms with Gasteiger partial charge in [-0.05, 0) is 25.8 Å². The molecule has 1 saturated carbocycles. The van der Waals surface area contributed by atoms with E-state index in [-0.39, 0.29) is 0 Å². The molecule has 1 saturated heterocycles. The van der Waals surface area contributed by atoms with Crippen LogP contribution >= 0.6 is 0 Å². The van der Waals surface area contributed by atoms with Gasteiger partial charge in [-0.1, -0.05) is 33.1 Å². The average Bonchev–Trinajstić information content (AvgIpc) is 2.70. The van der Waals surface area contributed by atoms with Gasteiger partial charge in [0.1, 0.15) is 0 Å². The Bertz CT molecular complexity index is 197. The standard InChI is InChI=1S/C13H26N2/c1-3-7-12-10-14-13(8-5-6-9-13)11-15(12)4-2/h12,14H,3-11H2,1-2H3. The van der Waals surface area contributed by atoms with Crippen molar-refractivity contribution in [3.8, 4) is 0 Å². The van der Waals surface area contributed by atoms with Gasteiger partial charge in [0, 0.05) is 24.7 Å². The number of hydrogen-bond donors (Lipinski definition) is 1. The number of nitrogens with zero attached hydrogens (tertiary/aromatic N) is 1. The van der Waals surface area contributed by atoms with E-state index in [0.717, 1.165) is 6.04 Å². The van der Waals surface area contributed by atoms with Crippen molar-refractivity contribution >= 4 is 0 Å². The third kappa shape index (κ3) is 2.36. The molecular weight excluding hydrogens is 184 g/mol. The molecule has 2 nitrogen and oxygen atoms in total. The van der Waals surface area contributed by atoms with Crippen LogP contribution in [0.2, 0.25) is 0 Å². The molecular formula is C13H26N2. The Balaban J connectivity index is 1.96. The molecule has 1 N–H and O–H groups in total. The lowest BCUT2D eigenvalue weighted by Gasteiger charge is -2.46. The molecule has 2 rings (SSSR count). The molecule has 0 amide bonds. The molecule has 0 radical (unpaired) electrons. The van der Waals surface area contributed by atoms with Crippen molar-refractivity contribution in [3.63, 3.8) is 0 Å². The molecule has 0 aromatic heterocycles. The Hall–Kier alpha value is -0.0800. The number of hydrogen-bond acceptors (Lipinski definition) is 2. The first kappa shape index (κ1) is 11.4. The summed E-state index contributed by atoms with van der Waals surface area (Å²) < 4.78 is 0. The number of rotatable bonds is 3. The van der Waals surface area contributed by atoms with Gasteiger partial charge in [0.2, 0.25) is 0 Å². The Morgan fingerprint density at radius 2 is 2.00 bits per heavy atom. The predicted molar refractivity (Wildman–Crippen MR) is 65.1 cm³/mol. The Morgan fingerprint density at radius 3 is 2.60 bits per heavy atom. The van der Waals surface area contributed by atoms with Crippen molar-refractivity contribution in [2.45, 2.75) is 64.0 Å². The molecule has 0 bridgehead atoms. The summed E-state index contributed by atoms with van der Waals surface area (Å²) in [7, 11) is 0. The molecule has 0 aromatic rings. The second-order valence-electron chi connectivity index (χ2n) is 5.37. The van der Waals surface area contributed by atoms with Gasteiger partial charge in [0.25, 0.3) is 0 Å². The van der Waals surface area contributed by atoms with Gasteiger partial charge in [0.15, 0.2) is 0 Å². The lowest BCUT2D eigenvalue weighted by atomic mass is 9.91.